The van der Waals surface area contributed by atoms with Crippen molar-refractivity contribution < 1.29 is 9.59 Å². The predicted octanol–water partition coefficient (Wildman–Crippen LogP) is 0.897. The summed E-state index contributed by atoms with van der Waals surface area (Å²) in [4.78, 5) is 41.2. The number of aryl methyl sites for hydroxylation is 1. The predicted molar refractivity (Wildman–Crippen MR) is 104 cm³/mol. The summed E-state index contributed by atoms with van der Waals surface area (Å²) >= 11 is 0. The van der Waals surface area contributed by atoms with Crippen LogP contribution in [0.5, 0.6) is 0 Å². The largest absolute Gasteiger partial charge is 0.345 e. The number of anilines is 1. The van der Waals surface area contributed by atoms with Crippen molar-refractivity contribution in [3.63, 3.8) is 0 Å². The van der Waals surface area contributed by atoms with Crippen molar-refractivity contribution in [3.05, 3.63) is 46.1 Å². The number of carbonyl (C=O) groups excluding carboxylic acids is 2. The van der Waals surface area contributed by atoms with Crippen LogP contribution in [0.2, 0.25) is 0 Å². The lowest BCUT2D eigenvalue weighted by molar-refractivity contribution is -0.145. The molecular weight excluding hydrogens is 358 g/mol. The van der Waals surface area contributed by atoms with Crippen LogP contribution in [0, 0.1) is 0 Å². The van der Waals surface area contributed by atoms with Gasteiger partial charge in [-0.15, -0.1) is 0 Å². The zero-order valence-corrected chi connectivity index (χ0v) is 16.3. The second-order valence-corrected chi connectivity index (χ2v) is 7.43. The zero-order chi connectivity index (χ0) is 19.8. The molecule has 0 bridgehead atoms. The molecule has 0 saturated carbocycles. The molecular formula is C20H25N5O3. The normalized spacial score (nSPS) is 19.0. The SMILES string of the molecule is CCn1c(C2CCCN(C(=O)C(=O)N3CCc4ccccc43)C2)nn(C)c1=O. The van der Waals surface area contributed by atoms with E-state index in [1.165, 1.54) is 4.68 Å². The van der Waals surface area contributed by atoms with E-state index in [4.69, 9.17) is 0 Å². The van der Waals surface area contributed by atoms with Gasteiger partial charge in [-0.05, 0) is 37.8 Å². The smallest absolute Gasteiger partial charge is 0.334 e. The number of carbonyl (C=O) groups is 2. The van der Waals surface area contributed by atoms with Crippen molar-refractivity contribution in [1.29, 1.82) is 0 Å². The Labute approximate surface area is 163 Å². The molecule has 1 atom stereocenters. The average molecular weight is 383 g/mol. The van der Waals surface area contributed by atoms with Gasteiger partial charge >= 0.3 is 17.5 Å². The number of para-hydroxylation sites is 1. The van der Waals surface area contributed by atoms with Gasteiger partial charge in [-0.1, -0.05) is 18.2 Å². The first-order valence-corrected chi connectivity index (χ1v) is 9.83. The van der Waals surface area contributed by atoms with Crippen molar-refractivity contribution in [2.45, 2.75) is 38.6 Å². The summed E-state index contributed by atoms with van der Waals surface area (Å²) in [6.45, 7) is 3.95. The van der Waals surface area contributed by atoms with E-state index < -0.39 is 11.8 Å². The summed E-state index contributed by atoms with van der Waals surface area (Å²) in [7, 11) is 1.64. The number of amides is 2. The van der Waals surface area contributed by atoms with Crippen LogP contribution >= 0.6 is 0 Å². The Morgan fingerprint density at radius 2 is 1.96 bits per heavy atom. The van der Waals surface area contributed by atoms with E-state index in [-0.39, 0.29) is 11.6 Å². The molecule has 1 saturated heterocycles. The molecule has 2 aromatic rings. The highest BCUT2D eigenvalue weighted by Gasteiger charge is 2.35. The minimum atomic E-state index is -0.473. The maximum absolute atomic E-state index is 12.9. The van der Waals surface area contributed by atoms with Crippen LogP contribution in [0.1, 0.15) is 37.1 Å². The number of benzene rings is 1. The molecule has 8 heteroatoms. The summed E-state index contributed by atoms with van der Waals surface area (Å²) in [6.07, 6.45) is 2.41. The highest BCUT2D eigenvalue weighted by atomic mass is 16.2. The number of piperidine rings is 1. The molecule has 1 aromatic carbocycles. The van der Waals surface area contributed by atoms with Crippen LogP contribution in [-0.4, -0.2) is 50.7 Å². The standard InChI is InChI=1S/C20H25N5O3/c1-3-24-17(21-22(2)20(24)28)15-8-6-11-23(13-15)18(26)19(27)25-12-10-14-7-4-5-9-16(14)25/h4-5,7,9,15H,3,6,8,10-13H2,1-2H3. The molecule has 0 aliphatic carbocycles. The van der Waals surface area contributed by atoms with Gasteiger partial charge in [0, 0.05) is 44.8 Å². The van der Waals surface area contributed by atoms with Crippen molar-refractivity contribution in [2.75, 3.05) is 24.5 Å². The molecule has 3 heterocycles. The average Bonchev–Trinajstić information content (AvgIpc) is 3.28. The first kappa shape index (κ1) is 18.5. The minimum Gasteiger partial charge on any atom is -0.334 e. The third-order valence-corrected chi connectivity index (χ3v) is 5.74. The third-order valence-electron chi connectivity index (χ3n) is 5.74. The molecule has 1 unspecified atom stereocenters. The van der Waals surface area contributed by atoms with Crippen LogP contribution < -0.4 is 10.6 Å². The number of likely N-dealkylation sites (tertiary alicyclic amines) is 1. The molecule has 2 amide bonds. The molecule has 8 nitrogen and oxygen atoms in total. The van der Waals surface area contributed by atoms with Gasteiger partial charge in [0.05, 0.1) is 0 Å². The number of hydrogen-bond acceptors (Lipinski definition) is 4. The van der Waals surface area contributed by atoms with Gasteiger partial charge in [-0.3, -0.25) is 14.2 Å². The molecule has 28 heavy (non-hydrogen) atoms. The maximum Gasteiger partial charge on any atom is 0.345 e. The van der Waals surface area contributed by atoms with Crippen LogP contribution in [0.25, 0.3) is 0 Å². The van der Waals surface area contributed by atoms with Gasteiger partial charge in [-0.25, -0.2) is 9.48 Å². The van der Waals surface area contributed by atoms with Gasteiger partial charge in [0.1, 0.15) is 5.82 Å². The lowest BCUT2D eigenvalue weighted by Crippen LogP contribution is -2.48. The quantitative estimate of drug-likeness (QED) is 0.722. The van der Waals surface area contributed by atoms with Crippen LogP contribution in [0.3, 0.4) is 0 Å². The van der Waals surface area contributed by atoms with Crippen molar-refractivity contribution in [2.24, 2.45) is 7.05 Å². The molecule has 2 aliphatic heterocycles. The Morgan fingerprint density at radius 1 is 1.18 bits per heavy atom. The molecule has 0 spiro atoms. The first-order valence-electron chi connectivity index (χ1n) is 9.83. The Bertz CT molecular complexity index is 976. The fourth-order valence-electron chi connectivity index (χ4n) is 4.29. The molecule has 0 radical (unpaired) electrons. The molecule has 1 aromatic heterocycles. The fraction of sp³-hybridized carbons (Fsp3) is 0.500. The zero-order valence-electron chi connectivity index (χ0n) is 16.3. The Hall–Kier alpha value is -2.90. The van der Waals surface area contributed by atoms with Gasteiger partial charge < -0.3 is 9.80 Å². The van der Waals surface area contributed by atoms with E-state index in [1.54, 1.807) is 21.4 Å². The summed E-state index contributed by atoms with van der Waals surface area (Å²) in [5.41, 5.74) is 1.78. The third kappa shape index (κ3) is 3.02. The molecule has 148 valence electrons. The summed E-state index contributed by atoms with van der Waals surface area (Å²) in [5, 5.41) is 4.38. The number of fused-ring (bicyclic) bond motifs is 1. The minimum absolute atomic E-state index is 0.0368. The Balaban J connectivity index is 1.52. The number of nitrogens with zero attached hydrogens (tertiary/aromatic N) is 5. The van der Waals surface area contributed by atoms with E-state index in [0.29, 0.717) is 32.0 Å². The van der Waals surface area contributed by atoms with E-state index in [1.807, 2.05) is 31.2 Å². The Kier molecular flexibility index (Phi) is 4.78. The lowest BCUT2D eigenvalue weighted by Gasteiger charge is -2.32. The van der Waals surface area contributed by atoms with E-state index >= 15 is 0 Å². The fourth-order valence-corrected chi connectivity index (χ4v) is 4.29. The van der Waals surface area contributed by atoms with Crippen LogP contribution in [-0.2, 0) is 29.6 Å². The van der Waals surface area contributed by atoms with Gasteiger partial charge in [0.2, 0.25) is 0 Å². The highest BCUT2D eigenvalue weighted by molar-refractivity contribution is 6.40. The van der Waals surface area contributed by atoms with Crippen molar-refractivity contribution in [3.8, 4) is 0 Å². The molecule has 1 fully saturated rings. The monoisotopic (exact) mass is 383 g/mol. The van der Waals surface area contributed by atoms with Crippen LogP contribution in [0.15, 0.2) is 29.1 Å². The second-order valence-electron chi connectivity index (χ2n) is 7.43. The second kappa shape index (κ2) is 7.26. The molecule has 0 N–H and O–H groups in total. The topological polar surface area (TPSA) is 80.4 Å². The highest BCUT2D eigenvalue weighted by Crippen LogP contribution is 2.29. The van der Waals surface area contributed by atoms with E-state index in [9.17, 15) is 14.4 Å². The molecule has 4 rings (SSSR count). The van der Waals surface area contributed by atoms with E-state index in [2.05, 4.69) is 5.10 Å². The summed E-state index contributed by atoms with van der Waals surface area (Å²) < 4.78 is 2.99. The van der Waals surface area contributed by atoms with Crippen molar-refractivity contribution >= 4 is 17.5 Å². The van der Waals surface area contributed by atoms with Crippen molar-refractivity contribution in [1.82, 2.24) is 19.2 Å². The van der Waals surface area contributed by atoms with Gasteiger partial charge in [0.15, 0.2) is 0 Å². The number of rotatable bonds is 2. The Morgan fingerprint density at radius 3 is 2.75 bits per heavy atom. The lowest BCUT2D eigenvalue weighted by atomic mass is 9.97. The first-order chi connectivity index (χ1) is 13.5. The maximum atomic E-state index is 12.9. The van der Waals surface area contributed by atoms with Gasteiger partial charge in [0.25, 0.3) is 0 Å². The number of aromatic nitrogens is 3. The number of hydrogen-bond donors (Lipinski definition) is 0. The van der Waals surface area contributed by atoms with E-state index in [0.717, 1.165) is 30.5 Å². The van der Waals surface area contributed by atoms with Crippen LogP contribution in [0.4, 0.5) is 5.69 Å². The summed E-state index contributed by atoms with van der Waals surface area (Å²) in [5.74, 6) is -0.279. The summed E-state index contributed by atoms with van der Waals surface area (Å²) in [6, 6.07) is 7.72. The molecule has 2 aliphatic rings. The van der Waals surface area contributed by atoms with Gasteiger partial charge in [-0.2, -0.15) is 5.10 Å².